The van der Waals surface area contributed by atoms with Crippen LogP contribution >= 0.6 is 11.8 Å². The van der Waals surface area contributed by atoms with Crippen molar-refractivity contribution in [3.05, 3.63) is 0 Å². The maximum atomic E-state index is 11.9. The lowest BCUT2D eigenvalue weighted by Crippen LogP contribution is -2.50. The zero-order chi connectivity index (χ0) is 15.7. The molecule has 1 aliphatic carbocycles. The second kappa shape index (κ2) is 9.18. The summed E-state index contributed by atoms with van der Waals surface area (Å²) in [6, 6.07) is -1.15. The number of aliphatic carboxylic acids is 1. The van der Waals surface area contributed by atoms with Crippen LogP contribution in [0.4, 0.5) is 4.79 Å². The largest absolute Gasteiger partial charge is 0.480 e. The summed E-state index contributed by atoms with van der Waals surface area (Å²) in [6.07, 6.45) is 10.2. The van der Waals surface area contributed by atoms with Crippen LogP contribution in [0, 0.1) is 0 Å². The van der Waals surface area contributed by atoms with Crippen molar-refractivity contribution in [2.24, 2.45) is 0 Å². The number of thioether (sulfide) groups is 1. The van der Waals surface area contributed by atoms with Gasteiger partial charge in [-0.3, -0.25) is 0 Å². The van der Waals surface area contributed by atoms with Gasteiger partial charge in [0.25, 0.3) is 0 Å². The van der Waals surface area contributed by atoms with Gasteiger partial charge in [-0.15, -0.1) is 0 Å². The number of carboxylic acid groups (broad SMARTS) is 1. The number of amides is 2. The lowest BCUT2D eigenvalue weighted by atomic mass is 9.88. The molecule has 0 saturated heterocycles. The maximum absolute atomic E-state index is 11.9. The van der Waals surface area contributed by atoms with Crippen molar-refractivity contribution in [3.8, 4) is 0 Å². The second-order valence-corrected chi connectivity index (χ2v) is 7.08. The van der Waals surface area contributed by atoms with Gasteiger partial charge in [0, 0.05) is 11.3 Å². The Balaban J connectivity index is 2.42. The maximum Gasteiger partial charge on any atom is 0.326 e. The number of unbranched alkanes of at least 4 members (excludes halogenated alkanes) is 1. The normalized spacial score (nSPS) is 18.8. The molecule has 3 N–H and O–H groups in total. The van der Waals surface area contributed by atoms with Crippen LogP contribution < -0.4 is 10.6 Å². The Labute approximate surface area is 131 Å². The van der Waals surface area contributed by atoms with Crippen LogP contribution in [0.2, 0.25) is 0 Å². The number of nitrogens with one attached hydrogen (secondary N) is 2. The average Bonchev–Trinajstić information content (AvgIpc) is 2.50. The number of rotatable bonds is 8. The van der Waals surface area contributed by atoms with Crippen LogP contribution in [0.15, 0.2) is 0 Å². The highest BCUT2D eigenvalue weighted by Crippen LogP contribution is 2.37. The van der Waals surface area contributed by atoms with Gasteiger partial charge in [0.2, 0.25) is 0 Å². The molecule has 1 atom stereocenters. The molecular weight excluding hydrogens is 288 g/mol. The summed E-state index contributed by atoms with van der Waals surface area (Å²) in [6.45, 7) is 2.62. The summed E-state index contributed by atoms with van der Waals surface area (Å²) in [7, 11) is 0. The van der Waals surface area contributed by atoms with E-state index in [-0.39, 0.29) is 10.8 Å². The molecule has 1 saturated carbocycles. The molecule has 0 aliphatic heterocycles. The molecule has 0 aromatic carbocycles. The minimum Gasteiger partial charge on any atom is -0.480 e. The van der Waals surface area contributed by atoms with Gasteiger partial charge in [0.15, 0.2) is 0 Å². The molecule has 1 fully saturated rings. The summed E-state index contributed by atoms with van der Waals surface area (Å²) < 4.78 is 0.123. The van der Waals surface area contributed by atoms with E-state index in [1.807, 2.05) is 18.7 Å². The molecule has 0 radical (unpaired) electrons. The van der Waals surface area contributed by atoms with Gasteiger partial charge < -0.3 is 15.7 Å². The van der Waals surface area contributed by atoms with Gasteiger partial charge in [0.05, 0.1) is 0 Å². The van der Waals surface area contributed by atoms with Crippen molar-refractivity contribution >= 4 is 23.8 Å². The Morgan fingerprint density at radius 1 is 1.29 bits per heavy atom. The van der Waals surface area contributed by atoms with Gasteiger partial charge in [-0.1, -0.05) is 39.0 Å². The van der Waals surface area contributed by atoms with E-state index in [1.165, 1.54) is 19.3 Å². The molecule has 0 aromatic rings. The van der Waals surface area contributed by atoms with Gasteiger partial charge >= 0.3 is 12.0 Å². The van der Waals surface area contributed by atoms with E-state index in [0.29, 0.717) is 13.0 Å². The number of hydrogen-bond donors (Lipinski definition) is 3. The van der Waals surface area contributed by atoms with Crippen LogP contribution in [0.3, 0.4) is 0 Å². The molecular formula is C15H28N2O3S. The Kier molecular flexibility index (Phi) is 7.93. The topological polar surface area (TPSA) is 78.4 Å². The van der Waals surface area contributed by atoms with Crippen molar-refractivity contribution < 1.29 is 14.7 Å². The lowest BCUT2D eigenvalue weighted by molar-refractivity contribution is -0.139. The smallest absolute Gasteiger partial charge is 0.326 e. The minimum atomic E-state index is -0.962. The van der Waals surface area contributed by atoms with E-state index in [1.54, 1.807) is 0 Å². The van der Waals surface area contributed by atoms with Crippen molar-refractivity contribution in [1.82, 2.24) is 10.6 Å². The average molecular weight is 316 g/mol. The summed E-state index contributed by atoms with van der Waals surface area (Å²) >= 11 is 1.82. The first-order valence-electron chi connectivity index (χ1n) is 7.85. The molecule has 0 heterocycles. The SMILES string of the molecule is CCCC[C@H](NC(=O)NCC1(SC)CCCCC1)C(=O)O. The molecule has 122 valence electrons. The van der Waals surface area contributed by atoms with Crippen molar-refractivity contribution in [1.29, 1.82) is 0 Å². The van der Waals surface area contributed by atoms with Gasteiger partial charge in [0.1, 0.15) is 6.04 Å². The third-order valence-corrected chi connectivity index (χ3v) is 5.64. The van der Waals surface area contributed by atoms with Gasteiger partial charge in [-0.25, -0.2) is 9.59 Å². The van der Waals surface area contributed by atoms with Crippen LogP contribution in [0.1, 0.15) is 58.3 Å². The molecule has 5 nitrogen and oxygen atoms in total. The molecule has 0 unspecified atom stereocenters. The van der Waals surface area contributed by atoms with E-state index >= 15 is 0 Å². The van der Waals surface area contributed by atoms with Crippen LogP contribution in [-0.4, -0.2) is 40.7 Å². The Morgan fingerprint density at radius 2 is 1.95 bits per heavy atom. The molecule has 1 rings (SSSR count). The van der Waals surface area contributed by atoms with E-state index in [0.717, 1.165) is 25.7 Å². The monoisotopic (exact) mass is 316 g/mol. The Bertz CT molecular complexity index is 344. The highest BCUT2D eigenvalue weighted by molar-refractivity contribution is 8.00. The predicted molar refractivity (Wildman–Crippen MR) is 86.8 cm³/mol. The zero-order valence-electron chi connectivity index (χ0n) is 13.1. The highest BCUT2D eigenvalue weighted by atomic mass is 32.2. The fourth-order valence-electron chi connectivity index (χ4n) is 2.77. The minimum absolute atomic E-state index is 0.123. The number of hydrogen-bond acceptors (Lipinski definition) is 3. The molecule has 1 aliphatic rings. The number of carboxylic acids is 1. The van der Waals surface area contributed by atoms with Gasteiger partial charge in [-0.05, 0) is 25.5 Å². The van der Waals surface area contributed by atoms with Crippen LogP contribution in [0.5, 0.6) is 0 Å². The molecule has 2 amide bonds. The lowest BCUT2D eigenvalue weighted by Gasteiger charge is -2.35. The molecule has 21 heavy (non-hydrogen) atoms. The first kappa shape index (κ1) is 18.1. The Hall–Kier alpha value is -0.910. The third kappa shape index (κ3) is 6.16. The zero-order valence-corrected chi connectivity index (χ0v) is 13.9. The summed E-state index contributed by atoms with van der Waals surface area (Å²) in [4.78, 5) is 23.0. The standard InChI is InChI=1S/C15H28N2O3S/c1-3-4-8-12(13(18)19)17-14(20)16-11-15(21-2)9-6-5-7-10-15/h12H,3-11H2,1-2H3,(H,18,19)(H2,16,17,20)/t12-/m0/s1. The Morgan fingerprint density at radius 3 is 2.48 bits per heavy atom. The molecule has 0 bridgehead atoms. The van der Waals surface area contributed by atoms with Gasteiger partial charge in [-0.2, -0.15) is 11.8 Å². The summed E-state index contributed by atoms with van der Waals surface area (Å²) in [5, 5.41) is 14.6. The van der Waals surface area contributed by atoms with E-state index < -0.39 is 12.0 Å². The molecule has 6 heteroatoms. The van der Waals surface area contributed by atoms with Crippen LogP contribution in [-0.2, 0) is 4.79 Å². The number of carbonyl (C=O) groups is 2. The van der Waals surface area contributed by atoms with Crippen LogP contribution in [0.25, 0.3) is 0 Å². The number of urea groups is 1. The van der Waals surface area contributed by atoms with Crippen molar-refractivity contribution in [2.75, 3.05) is 12.8 Å². The quantitative estimate of drug-likeness (QED) is 0.643. The molecule has 0 spiro atoms. The first-order chi connectivity index (χ1) is 10.0. The fourth-order valence-corrected chi connectivity index (χ4v) is 3.68. The van der Waals surface area contributed by atoms with Crippen molar-refractivity contribution in [2.45, 2.75) is 69.1 Å². The van der Waals surface area contributed by atoms with E-state index in [4.69, 9.17) is 5.11 Å². The van der Waals surface area contributed by atoms with E-state index in [9.17, 15) is 9.59 Å². The van der Waals surface area contributed by atoms with E-state index in [2.05, 4.69) is 16.9 Å². The fraction of sp³-hybridized carbons (Fsp3) is 0.867. The first-order valence-corrected chi connectivity index (χ1v) is 9.08. The summed E-state index contributed by atoms with van der Waals surface area (Å²) in [5.74, 6) is -0.962. The summed E-state index contributed by atoms with van der Waals surface area (Å²) in [5.41, 5.74) is 0. The third-order valence-electron chi connectivity index (χ3n) is 4.22. The molecule has 0 aromatic heterocycles. The highest BCUT2D eigenvalue weighted by Gasteiger charge is 2.31. The number of carbonyl (C=O) groups excluding carboxylic acids is 1. The second-order valence-electron chi connectivity index (χ2n) is 5.81. The predicted octanol–water partition coefficient (Wildman–Crippen LogP) is 2.99. The van der Waals surface area contributed by atoms with Crippen molar-refractivity contribution in [3.63, 3.8) is 0 Å².